The summed E-state index contributed by atoms with van der Waals surface area (Å²) in [5.74, 6) is -0.538. The lowest BCUT2D eigenvalue weighted by molar-refractivity contribution is -0.134. The fraction of sp³-hybridized carbons (Fsp3) is 0.667. The fourth-order valence-electron chi connectivity index (χ4n) is 5.18. The second-order valence-electron chi connectivity index (χ2n) is 9.47. The second-order valence-corrected chi connectivity index (χ2v) is 9.47. The quantitative estimate of drug-likeness (QED) is 0.670. The number of rotatable bonds is 6. The molecule has 1 aromatic carbocycles. The summed E-state index contributed by atoms with van der Waals surface area (Å²) in [7, 11) is 2.27. The topological polar surface area (TPSA) is 81.9 Å². The van der Waals surface area contributed by atoms with Crippen LogP contribution in [0.5, 0.6) is 0 Å². The number of piperazine rings is 1. The Hall–Kier alpha value is -1.96. The van der Waals surface area contributed by atoms with E-state index >= 15 is 0 Å². The van der Waals surface area contributed by atoms with E-state index in [1.807, 2.05) is 12.1 Å². The highest BCUT2D eigenvalue weighted by Crippen LogP contribution is 2.27. The zero-order chi connectivity index (χ0) is 21.8. The predicted molar refractivity (Wildman–Crippen MR) is 123 cm³/mol. The first-order chi connectivity index (χ1) is 15.0. The number of hydrogen-bond acceptors (Lipinski definition) is 6. The monoisotopic (exact) mass is 427 g/mol. The van der Waals surface area contributed by atoms with Crippen LogP contribution in [0.3, 0.4) is 0 Å². The molecule has 2 heterocycles. The molecule has 1 aromatic rings. The molecule has 1 saturated carbocycles. The minimum Gasteiger partial charge on any atom is -0.369 e. The molecule has 2 amide bonds. The third-order valence-electron chi connectivity index (χ3n) is 7.41. The van der Waals surface area contributed by atoms with Gasteiger partial charge in [0.05, 0.1) is 5.92 Å². The molecule has 31 heavy (non-hydrogen) atoms. The summed E-state index contributed by atoms with van der Waals surface area (Å²) in [6.07, 6.45) is 5.82. The van der Waals surface area contributed by atoms with Gasteiger partial charge in [-0.3, -0.25) is 19.8 Å². The van der Waals surface area contributed by atoms with Gasteiger partial charge >= 0.3 is 0 Å². The molecule has 0 spiro atoms. The van der Waals surface area contributed by atoms with Crippen LogP contribution in [-0.2, 0) is 9.59 Å². The van der Waals surface area contributed by atoms with Crippen molar-refractivity contribution in [1.29, 1.82) is 0 Å². The van der Waals surface area contributed by atoms with E-state index in [1.165, 1.54) is 18.5 Å². The number of amides is 2. The molecule has 3 N–H and O–H groups in total. The van der Waals surface area contributed by atoms with Crippen LogP contribution in [0.1, 0.15) is 50.0 Å². The van der Waals surface area contributed by atoms with Crippen molar-refractivity contribution < 1.29 is 9.59 Å². The van der Waals surface area contributed by atoms with Crippen molar-refractivity contribution in [3.63, 3.8) is 0 Å². The smallest absolute Gasteiger partial charge is 0.234 e. The Bertz CT molecular complexity index is 752. The highest BCUT2D eigenvalue weighted by Gasteiger charge is 2.28. The molecular weight excluding hydrogens is 390 g/mol. The molecule has 170 valence electrons. The third kappa shape index (κ3) is 5.64. The highest BCUT2D eigenvalue weighted by atomic mass is 16.2. The first-order valence-electron chi connectivity index (χ1n) is 11.9. The van der Waals surface area contributed by atoms with E-state index in [-0.39, 0.29) is 17.7 Å². The van der Waals surface area contributed by atoms with E-state index in [9.17, 15) is 9.59 Å². The first kappa shape index (κ1) is 22.2. The number of nitrogens with two attached hydrogens (primary N) is 1. The minimum absolute atomic E-state index is 0.162. The average Bonchev–Trinajstić information content (AvgIpc) is 2.78. The van der Waals surface area contributed by atoms with Crippen molar-refractivity contribution in [1.82, 2.24) is 15.1 Å². The van der Waals surface area contributed by atoms with Gasteiger partial charge in [0.25, 0.3) is 0 Å². The van der Waals surface area contributed by atoms with Gasteiger partial charge in [0.1, 0.15) is 0 Å². The predicted octanol–water partition coefficient (Wildman–Crippen LogP) is 1.53. The number of hydrogen-bond donors (Lipinski definition) is 2. The van der Waals surface area contributed by atoms with Crippen LogP contribution in [0.4, 0.5) is 5.69 Å². The Morgan fingerprint density at radius 3 is 2.32 bits per heavy atom. The lowest BCUT2D eigenvalue weighted by atomic mass is 9.90. The van der Waals surface area contributed by atoms with Crippen molar-refractivity contribution in [3.8, 4) is 0 Å². The van der Waals surface area contributed by atoms with Gasteiger partial charge in [-0.05, 0) is 56.8 Å². The van der Waals surface area contributed by atoms with Crippen molar-refractivity contribution in [2.75, 3.05) is 51.2 Å². The van der Waals surface area contributed by atoms with E-state index in [0.29, 0.717) is 24.9 Å². The molecule has 3 fully saturated rings. The van der Waals surface area contributed by atoms with Gasteiger partial charge in [0.15, 0.2) is 0 Å². The van der Waals surface area contributed by atoms with E-state index in [2.05, 4.69) is 39.2 Å². The van der Waals surface area contributed by atoms with E-state index < -0.39 is 0 Å². The molecule has 7 nitrogen and oxygen atoms in total. The molecule has 7 heteroatoms. The molecule has 3 aliphatic rings. The van der Waals surface area contributed by atoms with Crippen LogP contribution < -0.4 is 16.0 Å². The van der Waals surface area contributed by atoms with E-state index in [4.69, 9.17) is 5.73 Å². The molecule has 1 atom stereocenters. The largest absolute Gasteiger partial charge is 0.369 e. The number of likely N-dealkylation sites (N-methyl/N-ethyl adjacent to an activating group) is 1. The van der Waals surface area contributed by atoms with E-state index in [1.54, 1.807) is 0 Å². The van der Waals surface area contributed by atoms with Crippen LogP contribution in [0.2, 0.25) is 0 Å². The molecule has 0 bridgehead atoms. The standard InChI is InChI=1S/C24H37N5O2/c1-27(20-8-4-19(25)5-9-20)12-13-28-14-16-29(17-15-28)21-6-2-18(3-7-21)22-10-11-23(30)26-24(22)31/h2-3,6-7,19-20,22H,4-5,8-17,25H2,1H3,(H,26,30,31). The summed E-state index contributed by atoms with van der Waals surface area (Å²) in [5.41, 5.74) is 8.26. The number of piperidine rings is 1. The van der Waals surface area contributed by atoms with Crippen molar-refractivity contribution in [3.05, 3.63) is 29.8 Å². The van der Waals surface area contributed by atoms with Crippen LogP contribution >= 0.6 is 0 Å². The van der Waals surface area contributed by atoms with Gasteiger partial charge in [-0.15, -0.1) is 0 Å². The maximum absolute atomic E-state index is 12.1. The second kappa shape index (κ2) is 10.1. The number of imide groups is 1. The molecule has 0 aromatic heterocycles. The van der Waals surface area contributed by atoms with Crippen LogP contribution in [0.25, 0.3) is 0 Å². The summed E-state index contributed by atoms with van der Waals surface area (Å²) < 4.78 is 0. The average molecular weight is 428 g/mol. The molecule has 2 aliphatic heterocycles. The van der Waals surface area contributed by atoms with Crippen molar-refractivity contribution in [2.24, 2.45) is 5.73 Å². The van der Waals surface area contributed by atoms with Gasteiger partial charge < -0.3 is 15.5 Å². The van der Waals surface area contributed by atoms with Crippen molar-refractivity contribution in [2.45, 2.75) is 56.5 Å². The van der Waals surface area contributed by atoms with Gasteiger partial charge in [0.2, 0.25) is 11.8 Å². The Kier molecular flexibility index (Phi) is 7.25. The van der Waals surface area contributed by atoms with Crippen LogP contribution in [-0.4, -0.2) is 80.0 Å². The molecule has 4 rings (SSSR count). The number of nitrogens with one attached hydrogen (secondary N) is 1. The Morgan fingerprint density at radius 1 is 1.00 bits per heavy atom. The highest BCUT2D eigenvalue weighted by molar-refractivity contribution is 6.00. The number of anilines is 1. The fourth-order valence-corrected chi connectivity index (χ4v) is 5.18. The van der Waals surface area contributed by atoms with Gasteiger partial charge in [-0.25, -0.2) is 0 Å². The normalized spacial score (nSPS) is 28.1. The Balaban J connectivity index is 1.21. The molecule has 0 radical (unpaired) electrons. The van der Waals surface area contributed by atoms with Crippen LogP contribution in [0.15, 0.2) is 24.3 Å². The molecular formula is C24H37N5O2. The van der Waals surface area contributed by atoms with Gasteiger partial charge in [0, 0.05) is 63.5 Å². The third-order valence-corrected chi connectivity index (χ3v) is 7.41. The molecule has 2 saturated heterocycles. The number of benzene rings is 1. The Labute approximate surface area is 185 Å². The molecule has 1 unspecified atom stereocenters. The maximum Gasteiger partial charge on any atom is 0.234 e. The zero-order valence-corrected chi connectivity index (χ0v) is 18.8. The summed E-state index contributed by atoms with van der Waals surface area (Å²) in [6, 6.07) is 9.45. The SMILES string of the molecule is CN(CCN1CCN(c2ccc(C3CCC(=O)NC3=O)cc2)CC1)C1CCC(N)CC1. The lowest BCUT2D eigenvalue weighted by Crippen LogP contribution is -2.49. The Morgan fingerprint density at radius 2 is 1.68 bits per heavy atom. The zero-order valence-electron chi connectivity index (χ0n) is 18.8. The van der Waals surface area contributed by atoms with Gasteiger partial charge in [-0.1, -0.05) is 12.1 Å². The summed E-state index contributed by atoms with van der Waals surface area (Å²) >= 11 is 0. The number of carbonyl (C=O) groups is 2. The minimum atomic E-state index is -0.208. The maximum atomic E-state index is 12.1. The first-order valence-corrected chi connectivity index (χ1v) is 11.9. The number of carbonyl (C=O) groups excluding carboxylic acids is 2. The summed E-state index contributed by atoms with van der Waals surface area (Å²) in [6.45, 7) is 6.47. The molecule has 1 aliphatic carbocycles. The van der Waals surface area contributed by atoms with E-state index in [0.717, 1.165) is 57.7 Å². The van der Waals surface area contributed by atoms with Crippen molar-refractivity contribution >= 4 is 17.5 Å². The van der Waals surface area contributed by atoms with Gasteiger partial charge in [-0.2, -0.15) is 0 Å². The lowest BCUT2D eigenvalue weighted by Gasteiger charge is -2.38. The number of nitrogens with zero attached hydrogens (tertiary/aromatic N) is 3. The summed E-state index contributed by atoms with van der Waals surface area (Å²) in [4.78, 5) is 31.0. The summed E-state index contributed by atoms with van der Waals surface area (Å²) in [5, 5.41) is 2.45. The van der Waals surface area contributed by atoms with Crippen LogP contribution in [0, 0.1) is 0 Å².